The summed E-state index contributed by atoms with van der Waals surface area (Å²) in [5.74, 6) is 0.659. The number of para-hydroxylation sites is 1. The molecule has 1 saturated heterocycles. The lowest BCUT2D eigenvalue weighted by Crippen LogP contribution is -2.28. The highest BCUT2D eigenvalue weighted by Crippen LogP contribution is 2.43. The summed E-state index contributed by atoms with van der Waals surface area (Å²) in [4.78, 5) is 26.9. The zero-order valence-corrected chi connectivity index (χ0v) is 18.1. The van der Waals surface area contributed by atoms with Gasteiger partial charge in [0.25, 0.3) is 0 Å². The Morgan fingerprint density at radius 2 is 1.93 bits per heavy atom. The van der Waals surface area contributed by atoms with Crippen molar-refractivity contribution in [3.8, 4) is 0 Å². The summed E-state index contributed by atoms with van der Waals surface area (Å²) in [6.07, 6.45) is 5.62. The molecule has 0 unspecified atom stereocenters. The third-order valence-corrected chi connectivity index (χ3v) is 6.31. The Morgan fingerprint density at radius 3 is 2.72 bits per heavy atom. The lowest BCUT2D eigenvalue weighted by atomic mass is 10.1. The fourth-order valence-electron chi connectivity index (χ4n) is 3.69. The zero-order chi connectivity index (χ0) is 20.6. The fourth-order valence-corrected chi connectivity index (χ4v) is 4.85. The Kier molecular flexibility index (Phi) is 7.76. The largest absolute Gasteiger partial charge is 0.326 e. The first-order valence-corrected chi connectivity index (χ1v) is 11.6. The summed E-state index contributed by atoms with van der Waals surface area (Å²) in [5, 5.41) is 2.94. The second-order valence-electron chi connectivity index (χ2n) is 7.44. The van der Waals surface area contributed by atoms with Crippen molar-refractivity contribution >= 4 is 35.0 Å². The average Bonchev–Trinajstić information content (AvgIpc) is 3.10. The molecule has 1 atom stereocenters. The van der Waals surface area contributed by atoms with Gasteiger partial charge in [-0.1, -0.05) is 63.4 Å². The SMILES string of the molecule is CCCCCC(=O)Nc1cccc([C@H]2SCC(=O)N2c2ccccc2CCC)c1. The molecule has 2 aromatic rings. The summed E-state index contributed by atoms with van der Waals surface area (Å²) in [6.45, 7) is 4.29. The van der Waals surface area contributed by atoms with Crippen LogP contribution in [0.15, 0.2) is 48.5 Å². The molecule has 0 spiro atoms. The van der Waals surface area contributed by atoms with Gasteiger partial charge >= 0.3 is 0 Å². The van der Waals surface area contributed by atoms with E-state index in [2.05, 4.69) is 25.2 Å². The predicted octanol–water partition coefficient (Wildman–Crippen LogP) is 5.94. The Balaban J connectivity index is 1.81. The number of amides is 2. The molecule has 1 fully saturated rings. The third kappa shape index (κ3) is 5.41. The van der Waals surface area contributed by atoms with E-state index in [9.17, 15) is 9.59 Å². The van der Waals surface area contributed by atoms with Crippen molar-refractivity contribution in [3.05, 3.63) is 59.7 Å². The van der Waals surface area contributed by atoms with E-state index in [0.29, 0.717) is 12.2 Å². The molecule has 154 valence electrons. The molecule has 29 heavy (non-hydrogen) atoms. The van der Waals surface area contributed by atoms with Crippen molar-refractivity contribution < 1.29 is 9.59 Å². The number of nitrogens with one attached hydrogen (secondary N) is 1. The van der Waals surface area contributed by atoms with Gasteiger partial charge in [-0.25, -0.2) is 0 Å². The summed E-state index contributed by atoms with van der Waals surface area (Å²) in [7, 11) is 0. The Morgan fingerprint density at radius 1 is 1.10 bits per heavy atom. The van der Waals surface area contributed by atoms with Gasteiger partial charge in [-0.3, -0.25) is 14.5 Å². The number of aryl methyl sites for hydroxylation is 1. The molecule has 1 aliphatic rings. The third-order valence-electron chi connectivity index (χ3n) is 5.10. The number of hydrogen-bond acceptors (Lipinski definition) is 3. The molecule has 0 aliphatic carbocycles. The molecular weight excluding hydrogens is 380 g/mol. The highest BCUT2D eigenvalue weighted by Gasteiger charge is 2.35. The minimum Gasteiger partial charge on any atom is -0.326 e. The first-order valence-electron chi connectivity index (χ1n) is 10.6. The first-order chi connectivity index (χ1) is 14.1. The van der Waals surface area contributed by atoms with Gasteiger partial charge in [0, 0.05) is 17.8 Å². The standard InChI is InChI=1S/C24H30N2O2S/c1-3-5-6-15-22(27)25-20-13-9-12-19(16-20)24-26(23(28)17-29-24)21-14-8-7-11-18(21)10-4-2/h7-9,11-14,16,24H,3-6,10,15,17H2,1-2H3,(H,25,27)/t24-/m1/s1. The van der Waals surface area contributed by atoms with E-state index in [-0.39, 0.29) is 17.2 Å². The van der Waals surface area contributed by atoms with Crippen LogP contribution in [0.2, 0.25) is 0 Å². The van der Waals surface area contributed by atoms with Gasteiger partial charge in [0.15, 0.2) is 0 Å². The van der Waals surface area contributed by atoms with Crippen LogP contribution in [0.25, 0.3) is 0 Å². The summed E-state index contributed by atoms with van der Waals surface area (Å²) in [5.41, 5.74) is 4.05. The molecule has 2 amide bonds. The van der Waals surface area contributed by atoms with Crippen molar-refractivity contribution in [1.82, 2.24) is 0 Å². The molecular formula is C24H30N2O2S. The number of unbranched alkanes of at least 4 members (excludes halogenated alkanes) is 2. The molecule has 1 heterocycles. The highest BCUT2D eigenvalue weighted by atomic mass is 32.2. The molecule has 4 nitrogen and oxygen atoms in total. The van der Waals surface area contributed by atoms with Gasteiger partial charge in [0.05, 0.1) is 5.75 Å². The maximum absolute atomic E-state index is 12.8. The monoisotopic (exact) mass is 410 g/mol. The van der Waals surface area contributed by atoms with Crippen LogP contribution in [0.4, 0.5) is 11.4 Å². The van der Waals surface area contributed by atoms with E-state index in [1.807, 2.05) is 47.4 Å². The minimum atomic E-state index is -0.0718. The van der Waals surface area contributed by atoms with Crippen molar-refractivity contribution in [2.24, 2.45) is 0 Å². The topological polar surface area (TPSA) is 49.4 Å². The van der Waals surface area contributed by atoms with Crippen LogP contribution >= 0.6 is 11.8 Å². The van der Waals surface area contributed by atoms with Crippen LogP contribution in [0.5, 0.6) is 0 Å². The predicted molar refractivity (Wildman–Crippen MR) is 122 cm³/mol. The van der Waals surface area contributed by atoms with E-state index in [4.69, 9.17) is 0 Å². The van der Waals surface area contributed by atoms with Crippen LogP contribution in [-0.2, 0) is 16.0 Å². The van der Waals surface area contributed by atoms with Crippen LogP contribution < -0.4 is 10.2 Å². The van der Waals surface area contributed by atoms with Gasteiger partial charge in [-0.05, 0) is 42.2 Å². The smallest absolute Gasteiger partial charge is 0.238 e. The highest BCUT2D eigenvalue weighted by molar-refractivity contribution is 8.00. The number of thioether (sulfide) groups is 1. The molecule has 0 aromatic heterocycles. The van der Waals surface area contributed by atoms with Crippen molar-refractivity contribution in [1.29, 1.82) is 0 Å². The van der Waals surface area contributed by atoms with Gasteiger partial charge in [-0.15, -0.1) is 11.8 Å². The molecule has 0 saturated carbocycles. The quantitative estimate of drug-likeness (QED) is 0.521. The number of hydrogen-bond donors (Lipinski definition) is 1. The first kappa shape index (κ1) is 21.4. The Bertz CT molecular complexity index is 852. The maximum Gasteiger partial charge on any atom is 0.238 e. The second-order valence-corrected chi connectivity index (χ2v) is 8.51. The van der Waals surface area contributed by atoms with Crippen LogP contribution in [-0.4, -0.2) is 17.6 Å². The second kappa shape index (κ2) is 10.5. The van der Waals surface area contributed by atoms with E-state index in [0.717, 1.165) is 49.0 Å². The van der Waals surface area contributed by atoms with Gasteiger partial charge in [0.2, 0.25) is 11.8 Å². The number of rotatable bonds is 9. The molecule has 3 rings (SSSR count). The summed E-state index contributed by atoms with van der Waals surface area (Å²) >= 11 is 1.64. The Hall–Kier alpha value is -2.27. The van der Waals surface area contributed by atoms with Crippen molar-refractivity contribution in [2.75, 3.05) is 16.0 Å². The molecule has 5 heteroatoms. The van der Waals surface area contributed by atoms with Crippen LogP contribution in [0.3, 0.4) is 0 Å². The van der Waals surface area contributed by atoms with Crippen LogP contribution in [0, 0.1) is 0 Å². The van der Waals surface area contributed by atoms with Gasteiger partial charge in [0.1, 0.15) is 5.37 Å². The van der Waals surface area contributed by atoms with Crippen molar-refractivity contribution in [2.45, 2.75) is 57.7 Å². The summed E-state index contributed by atoms with van der Waals surface area (Å²) in [6, 6.07) is 16.1. The summed E-state index contributed by atoms with van der Waals surface area (Å²) < 4.78 is 0. The Labute approximate surface area is 178 Å². The average molecular weight is 411 g/mol. The number of carbonyl (C=O) groups excluding carboxylic acids is 2. The zero-order valence-electron chi connectivity index (χ0n) is 17.3. The number of anilines is 2. The number of benzene rings is 2. The van der Waals surface area contributed by atoms with E-state index >= 15 is 0 Å². The minimum absolute atomic E-state index is 0.0518. The van der Waals surface area contributed by atoms with E-state index in [1.54, 1.807) is 11.8 Å². The molecule has 0 radical (unpaired) electrons. The fraction of sp³-hybridized carbons (Fsp3) is 0.417. The molecule has 1 aliphatic heterocycles. The lowest BCUT2D eigenvalue weighted by Gasteiger charge is -2.27. The van der Waals surface area contributed by atoms with Gasteiger partial charge < -0.3 is 5.32 Å². The number of carbonyl (C=O) groups is 2. The van der Waals surface area contributed by atoms with Crippen LogP contribution in [0.1, 0.15) is 62.5 Å². The van der Waals surface area contributed by atoms with Crippen molar-refractivity contribution in [3.63, 3.8) is 0 Å². The van der Waals surface area contributed by atoms with E-state index < -0.39 is 0 Å². The molecule has 0 bridgehead atoms. The normalized spacial score (nSPS) is 16.3. The molecule has 1 N–H and O–H groups in total. The molecule has 2 aromatic carbocycles. The maximum atomic E-state index is 12.8. The van der Waals surface area contributed by atoms with E-state index in [1.165, 1.54) is 5.56 Å². The lowest BCUT2D eigenvalue weighted by molar-refractivity contribution is -0.117. The number of nitrogens with zero attached hydrogens (tertiary/aromatic N) is 1. The van der Waals surface area contributed by atoms with Gasteiger partial charge in [-0.2, -0.15) is 0 Å².